The fraction of sp³-hybridized carbons (Fsp3) is 0.280. The van der Waals surface area contributed by atoms with Gasteiger partial charge < -0.3 is 9.47 Å². The number of benzene rings is 3. The summed E-state index contributed by atoms with van der Waals surface area (Å²) in [6, 6.07) is 26.6. The van der Waals surface area contributed by atoms with Gasteiger partial charge in [0.05, 0.1) is 22.4 Å². The van der Waals surface area contributed by atoms with Crippen LogP contribution in [0.15, 0.2) is 72.8 Å². The molecular weight excluding hydrogens is 328 g/mol. The first-order chi connectivity index (χ1) is 12.9. The quantitative estimate of drug-likeness (QED) is 0.392. The van der Waals surface area contributed by atoms with Crippen molar-refractivity contribution in [2.75, 3.05) is 4.90 Å². The Labute approximate surface area is 162 Å². The zero-order valence-corrected chi connectivity index (χ0v) is 16.9. The Morgan fingerprint density at radius 1 is 0.704 bits per heavy atom. The highest BCUT2D eigenvalue weighted by Gasteiger charge is 2.27. The van der Waals surface area contributed by atoms with Crippen LogP contribution in [-0.4, -0.2) is 16.1 Å². The van der Waals surface area contributed by atoms with E-state index in [-0.39, 0.29) is 5.54 Å². The van der Waals surface area contributed by atoms with Gasteiger partial charge in [-0.2, -0.15) is 0 Å². The van der Waals surface area contributed by atoms with E-state index in [9.17, 15) is 0 Å². The van der Waals surface area contributed by atoms with Gasteiger partial charge in [0.15, 0.2) is 0 Å². The lowest BCUT2D eigenvalue weighted by atomic mass is 10.0. The molecule has 27 heavy (non-hydrogen) atoms. The van der Waals surface area contributed by atoms with Gasteiger partial charge in [0.2, 0.25) is 0 Å². The van der Waals surface area contributed by atoms with Gasteiger partial charge in [0.1, 0.15) is 0 Å². The molecule has 1 aromatic heterocycles. The van der Waals surface area contributed by atoms with Gasteiger partial charge in [0, 0.05) is 22.4 Å². The average molecular weight is 357 g/mol. The van der Waals surface area contributed by atoms with Gasteiger partial charge in [-0.1, -0.05) is 48.5 Å². The van der Waals surface area contributed by atoms with Gasteiger partial charge in [-0.25, -0.2) is 0 Å². The predicted molar refractivity (Wildman–Crippen MR) is 118 cm³/mol. The molecule has 0 saturated heterocycles. The maximum absolute atomic E-state index is 2.52. The smallest absolute Gasteiger partial charge is 0.0696 e. The van der Waals surface area contributed by atoms with Crippen LogP contribution in [0.1, 0.15) is 34.6 Å². The molecule has 2 nitrogen and oxygen atoms in total. The summed E-state index contributed by atoms with van der Waals surface area (Å²) in [6.45, 7) is 11.4. The summed E-state index contributed by atoms with van der Waals surface area (Å²) in [5.41, 5.74) is 5.04. The minimum absolute atomic E-state index is 0.0308. The average Bonchev–Trinajstić information content (AvgIpc) is 2.95. The number of hydrogen-bond donors (Lipinski definition) is 0. The van der Waals surface area contributed by atoms with E-state index in [1.807, 2.05) is 0 Å². The second kappa shape index (κ2) is 6.45. The van der Waals surface area contributed by atoms with Crippen LogP contribution >= 0.6 is 0 Å². The summed E-state index contributed by atoms with van der Waals surface area (Å²) < 4.78 is 2.42. The standard InChI is InChI=1S/C25H28N2/c1-18(2)27(25(3,4)5)24-17-11-10-16-23(24)26-21-14-8-6-12-19(21)20-13-7-9-15-22(20)26/h6-18H,1-5H3. The Morgan fingerprint density at radius 3 is 1.70 bits per heavy atom. The van der Waals surface area contributed by atoms with Crippen molar-refractivity contribution in [3.63, 3.8) is 0 Å². The van der Waals surface area contributed by atoms with Crippen LogP contribution in [0.4, 0.5) is 5.69 Å². The maximum atomic E-state index is 2.52. The van der Waals surface area contributed by atoms with Crippen molar-refractivity contribution >= 4 is 27.5 Å². The number of aromatic nitrogens is 1. The van der Waals surface area contributed by atoms with Crippen molar-refractivity contribution in [1.29, 1.82) is 0 Å². The van der Waals surface area contributed by atoms with Gasteiger partial charge >= 0.3 is 0 Å². The molecule has 0 atom stereocenters. The normalized spacial score (nSPS) is 12.2. The Kier molecular flexibility index (Phi) is 4.22. The van der Waals surface area contributed by atoms with E-state index < -0.39 is 0 Å². The second-order valence-corrected chi connectivity index (χ2v) is 8.49. The first-order valence-corrected chi connectivity index (χ1v) is 9.76. The summed E-state index contributed by atoms with van der Waals surface area (Å²) in [5, 5.41) is 2.60. The number of rotatable bonds is 3. The SMILES string of the molecule is CC(C)N(c1ccccc1-n1c2ccccc2c2ccccc21)C(C)(C)C. The summed E-state index contributed by atoms with van der Waals surface area (Å²) in [6.07, 6.45) is 0. The molecule has 0 unspecified atom stereocenters. The maximum Gasteiger partial charge on any atom is 0.0696 e. The Bertz CT molecular complexity index is 1040. The number of fused-ring (bicyclic) bond motifs is 3. The summed E-state index contributed by atoms with van der Waals surface area (Å²) in [7, 11) is 0. The molecule has 0 bridgehead atoms. The molecule has 0 spiro atoms. The number of nitrogens with zero attached hydrogens (tertiary/aromatic N) is 2. The molecule has 0 aliphatic rings. The zero-order valence-electron chi connectivity index (χ0n) is 16.9. The zero-order chi connectivity index (χ0) is 19.2. The van der Waals surface area contributed by atoms with E-state index in [4.69, 9.17) is 0 Å². The van der Waals surface area contributed by atoms with E-state index in [1.54, 1.807) is 0 Å². The van der Waals surface area contributed by atoms with E-state index >= 15 is 0 Å². The van der Waals surface area contributed by atoms with Gasteiger partial charge in [0.25, 0.3) is 0 Å². The molecule has 1 heterocycles. The van der Waals surface area contributed by atoms with Crippen molar-refractivity contribution < 1.29 is 0 Å². The van der Waals surface area contributed by atoms with Crippen molar-refractivity contribution in [1.82, 2.24) is 4.57 Å². The molecule has 138 valence electrons. The Morgan fingerprint density at radius 2 is 1.19 bits per heavy atom. The second-order valence-electron chi connectivity index (χ2n) is 8.49. The van der Waals surface area contributed by atoms with Gasteiger partial charge in [-0.05, 0) is 58.9 Å². The van der Waals surface area contributed by atoms with Crippen LogP contribution in [0.5, 0.6) is 0 Å². The lowest BCUT2D eigenvalue weighted by Gasteiger charge is -2.42. The van der Waals surface area contributed by atoms with E-state index in [2.05, 4.69) is 117 Å². The highest BCUT2D eigenvalue weighted by Crippen LogP contribution is 2.37. The summed E-state index contributed by atoms with van der Waals surface area (Å²) in [4.78, 5) is 2.52. The van der Waals surface area contributed by atoms with Gasteiger partial charge in [-0.15, -0.1) is 0 Å². The molecule has 0 N–H and O–H groups in total. The molecular formula is C25H28N2. The molecule has 3 aromatic carbocycles. The van der Waals surface area contributed by atoms with Crippen LogP contribution < -0.4 is 4.90 Å². The van der Waals surface area contributed by atoms with Crippen LogP contribution in [-0.2, 0) is 0 Å². The number of hydrogen-bond acceptors (Lipinski definition) is 1. The fourth-order valence-corrected chi connectivity index (χ4v) is 4.45. The predicted octanol–water partition coefficient (Wildman–Crippen LogP) is 6.80. The Balaban J connectivity index is 2.09. The third-order valence-corrected chi connectivity index (χ3v) is 5.20. The molecule has 0 saturated carbocycles. The summed E-state index contributed by atoms with van der Waals surface area (Å²) >= 11 is 0. The lowest BCUT2D eigenvalue weighted by Crippen LogP contribution is -2.46. The van der Waals surface area contributed by atoms with Crippen LogP contribution in [0.25, 0.3) is 27.5 Å². The third-order valence-electron chi connectivity index (χ3n) is 5.20. The highest BCUT2D eigenvalue weighted by molar-refractivity contribution is 6.09. The monoisotopic (exact) mass is 356 g/mol. The van der Waals surface area contributed by atoms with Crippen LogP contribution in [0, 0.1) is 0 Å². The fourth-order valence-electron chi connectivity index (χ4n) is 4.45. The first kappa shape index (κ1) is 17.7. The van der Waals surface area contributed by atoms with Crippen molar-refractivity contribution in [3.05, 3.63) is 72.8 Å². The molecule has 4 aromatic rings. The first-order valence-electron chi connectivity index (χ1n) is 9.76. The van der Waals surface area contributed by atoms with Crippen molar-refractivity contribution in [2.24, 2.45) is 0 Å². The largest absolute Gasteiger partial charge is 0.363 e. The van der Waals surface area contributed by atoms with E-state index in [0.717, 1.165) is 0 Å². The third kappa shape index (κ3) is 2.90. The van der Waals surface area contributed by atoms with E-state index in [0.29, 0.717) is 6.04 Å². The Hall–Kier alpha value is -2.74. The molecule has 2 heteroatoms. The molecule has 0 radical (unpaired) electrons. The van der Waals surface area contributed by atoms with Crippen LogP contribution in [0.2, 0.25) is 0 Å². The minimum atomic E-state index is 0.0308. The molecule has 0 aliphatic heterocycles. The topological polar surface area (TPSA) is 8.17 Å². The minimum Gasteiger partial charge on any atom is -0.363 e. The van der Waals surface area contributed by atoms with Crippen LogP contribution in [0.3, 0.4) is 0 Å². The van der Waals surface area contributed by atoms with E-state index in [1.165, 1.54) is 33.2 Å². The van der Waals surface area contributed by atoms with Gasteiger partial charge in [-0.3, -0.25) is 0 Å². The highest BCUT2D eigenvalue weighted by atomic mass is 15.2. The number of anilines is 1. The number of para-hydroxylation sites is 4. The molecule has 4 rings (SSSR count). The lowest BCUT2D eigenvalue weighted by molar-refractivity contribution is 0.465. The summed E-state index contributed by atoms with van der Waals surface area (Å²) in [5.74, 6) is 0. The molecule has 0 aliphatic carbocycles. The van der Waals surface area contributed by atoms with Crippen molar-refractivity contribution in [2.45, 2.75) is 46.2 Å². The molecule has 0 fully saturated rings. The van der Waals surface area contributed by atoms with Crippen molar-refractivity contribution in [3.8, 4) is 5.69 Å². The molecule has 0 amide bonds.